The second-order valence-corrected chi connectivity index (χ2v) is 8.62. The number of hydrogen-bond donors (Lipinski definition) is 1. The van der Waals surface area contributed by atoms with E-state index < -0.39 is 4.92 Å². The summed E-state index contributed by atoms with van der Waals surface area (Å²) in [6.07, 6.45) is 5.53. The van der Waals surface area contributed by atoms with Crippen LogP contribution in [0.15, 0.2) is 78.9 Å². The number of nitrogens with one attached hydrogen (secondary N) is 1. The molecule has 0 atom stereocenters. The number of hydrogen-bond acceptors (Lipinski definition) is 4. The fourth-order valence-corrected chi connectivity index (χ4v) is 4.28. The van der Waals surface area contributed by atoms with Crippen LogP contribution in [-0.4, -0.2) is 28.8 Å². The molecule has 1 saturated heterocycles. The Labute approximate surface area is 200 Å². The Morgan fingerprint density at radius 1 is 0.912 bits per heavy atom. The first-order valence-corrected chi connectivity index (χ1v) is 11.7. The molecule has 34 heavy (non-hydrogen) atoms. The van der Waals surface area contributed by atoms with Crippen LogP contribution in [0.25, 0.3) is 11.6 Å². The summed E-state index contributed by atoms with van der Waals surface area (Å²) < 4.78 is 0. The first-order chi connectivity index (χ1) is 16.6. The molecule has 0 aromatic heterocycles. The maximum Gasteiger partial charge on any atom is 0.270 e. The first-order valence-electron chi connectivity index (χ1n) is 11.7. The van der Waals surface area contributed by atoms with Crippen molar-refractivity contribution in [3.8, 4) is 0 Å². The molecule has 6 heteroatoms. The van der Waals surface area contributed by atoms with E-state index in [0.717, 1.165) is 30.8 Å². The molecule has 1 aliphatic rings. The molecule has 0 unspecified atom stereocenters. The third-order valence-electron chi connectivity index (χ3n) is 6.02. The van der Waals surface area contributed by atoms with Gasteiger partial charge in [-0.3, -0.25) is 19.8 Å². The number of rotatable bonds is 8. The Hall–Kier alpha value is -3.77. The van der Waals surface area contributed by atoms with E-state index in [1.807, 2.05) is 42.5 Å². The third-order valence-corrected chi connectivity index (χ3v) is 6.02. The molecule has 0 aliphatic carbocycles. The fourth-order valence-electron chi connectivity index (χ4n) is 4.28. The summed E-state index contributed by atoms with van der Waals surface area (Å²) in [6, 6.07) is 24.0. The van der Waals surface area contributed by atoms with E-state index in [1.165, 1.54) is 37.0 Å². The van der Waals surface area contributed by atoms with E-state index in [1.54, 1.807) is 18.2 Å². The lowest BCUT2D eigenvalue weighted by Gasteiger charge is -2.26. The number of nitro groups is 1. The molecule has 1 aliphatic heterocycles. The normalized spacial score (nSPS) is 14.5. The standard InChI is InChI=1S/C28H29N3O3/c32-28(29-20-23-10-7-11-24(17-23)21-30-15-5-2-6-16-30)27(25-12-3-1-4-13-25)19-22-9-8-14-26(18-22)31(33)34/h1,3-4,7-14,17-19H,2,5-6,15-16,20-21H2,(H,29,32)/b27-19+. The van der Waals surface area contributed by atoms with Crippen LogP contribution in [0, 0.1) is 10.1 Å². The van der Waals surface area contributed by atoms with Gasteiger partial charge in [-0.25, -0.2) is 0 Å². The van der Waals surface area contributed by atoms with Crippen LogP contribution in [0.1, 0.15) is 41.5 Å². The lowest BCUT2D eigenvalue weighted by Crippen LogP contribution is -2.29. The van der Waals surface area contributed by atoms with Crippen LogP contribution in [0.4, 0.5) is 5.69 Å². The predicted octanol–water partition coefficient (Wildman–Crippen LogP) is 5.44. The van der Waals surface area contributed by atoms with Crippen LogP contribution in [0.3, 0.4) is 0 Å². The molecule has 1 N–H and O–H groups in total. The van der Waals surface area contributed by atoms with E-state index >= 15 is 0 Å². The molecular weight excluding hydrogens is 426 g/mol. The second kappa shape index (κ2) is 11.4. The summed E-state index contributed by atoms with van der Waals surface area (Å²) in [4.78, 5) is 26.4. The zero-order chi connectivity index (χ0) is 23.8. The van der Waals surface area contributed by atoms with Crippen molar-refractivity contribution in [3.05, 3.63) is 111 Å². The quantitative estimate of drug-likeness (QED) is 0.212. The van der Waals surface area contributed by atoms with E-state index in [0.29, 0.717) is 17.7 Å². The van der Waals surface area contributed by atoms with Crippen LogP contribution >= 0.6 is 0 Å². The van der Waals surface area contributed by atoms with Gasteiger partial charge in [0.05, 0.1) is 4.92 Å². The first kappa shape index (κ1) is 23.4. The SMILES string of the molecule is O=C(NCc1cccc(CN2CCCCC2)c1)/C(=C/c1cccc([N+](=O)[O-])c1)c1ccccc1. The monoisotopic (exact) mass is 455 g/mol. The zero-order valence-electron chi connectivity index (χ0n) is 19.2. The van der Waals surface area contributed by atoms with Crippen molar-refractivity contribution < 1.29 is 9.72 Å². The van der Waals surface area contributed by atoms with Crippen molar-refractivity contribution in [1.82, 2.24) is 10.2 Å². The minimum Gasteiger partial charge on any atom is -0.348 e. The molecule has 4 rings (SSSR count). The molecule has 6 nitrogen and oxygen atoms in total. The number of nitrogens with zero attached hydrogens (tertiary/aromatic N) is 2. The Bertz CT molecular complexity index is 1170. The van der Waals surface area contributed by atoms with Gasteiger partial charge in [-0.2, -0.15) is 0 Å². The summed E-state index contributed by atoms with van der Waals surface area (Å²) in [6.45, 7) is 3.63. The lowest BCUT2D eigenvalue weighted by molar-refractivity contribution is -0.384. The topological polar surface area (TPSA) is 75.5 Å². The number of likely N-dealkylation sites (tertiary alicyclic amines) is 1. The van der Waals surface area contributed by atoms with Crippen LogP contribution in [-0.2, 0) is 17.9 Å². The lowest BCUT2D eigenvalue weighted by atomic mass is 10.0. The minimum atomic E-state index is -0.434. The molecule has 1 amide bonds. The van der Waals surface area contributed by atoms with Gasteiger partial charge in [0.25, 0.3) is 11.6 Å². The number of carbonyl (C=O) groups is 1. The van der Waals surface area contributed by atoms with Gasteiger partial charge in [0.2, 0.25) is 0 Å². The van der Waals surface area contributed by atoms with Gasteiger partial charge in [-0.05, 0) is 54.3 Å². The highest BCUT2D eigenvalue weighted by atomic mass is 16.6. The van der Waals surface area contributed by atoms with Gasteiger partial charge < -0.3 is 5.32 Å². The summed E-state index contributed by atoms with van der Waals surface area (Å²) in [7, 11) is 0. The van der Waals surface area contributed by atoms with Crippen LogP contribution in [0.5, 0.6) is 0 Å². The van der Waals surface area contributed by atoms with Gasteiger partial charge in [-0.1, -0.05) is 73.2 Å². The highest BCUT2D eigenvalue weighted by molar-refractivity contribution is 6.24. The van der Waals surface area contributed by atoms with Crippen molar-refractivity contribution in [3.63, 3.8) is 0 Å². The number of amides is 1. The van der Waals surface area contributed by atoms with Gasteiger partial charge in [-0.15, -0.1) is 0 Å². The van der Waals surface area contributed by atoms with Gasteiger partial charge >= 0.3 is 0 Å². The molecule has 0 saturated carbocycles. The molecule has 3 aromatic rings. The summed E-state index contributed by atoms with van der Waals surface area (Å²) in [5.41, 5.74) is 4.12. The van der Waals surface area contributed by atoms with E-state index in [2.05, 4.69) is 22.3 Å². The second-order valence-electron chi connectivity index (χ2n) is 8.62. The fraction of sp³-hybridized carbons (Fsp3) is 0.250. The number of nitro benzene ring substituents is 1. The Morgan fingerprint density at radius 2 is 1.65 bits per heavy atom. The molecular formula is C28H29N3O3. The number of carbonyl (C=O) groups excluding carboxylic acids is 1. The molecule has 0 spiro atoms. The number of benzene rings is 3. The van der Waals surface area contributed by atoms with Crippen molar-refractivity contribution in [2.45, 2.75) is 32.4 Å². The number of piperidine rings is 1. The van der Waals surface area contributed by atoms with E-state index in [-0.39, 0.29) is 11.6 Å². The average Bonchev–Trinajstić information content (AvgIpc) is 2.87. The third kappa shape index (κ3) is 6.39. The minimum absolute atomic E-state index is 0.00732. The van der Waals surface area contributed by atoms with Crippen LogP contribution < -0.4 is 5.32 Å². The molecule has 0 radical (unpaired) electrons. The van der Waals surface area contributed by atoms with Crippen molar-refractivity contribution in [2.75, 3.05) is 13.1 Å². The maximum absolute atomic E-state index is 13.2. The Balaban J connectivity index is 1.50. The summed E-state index contributed by atoms with van der Waals surface area (Å²) in [5.74, 6) is -0.223. The van der Waals surface area contributed by atoms with Crippen molar-refractivity contribution in [2.24, 2.45) is 0 Å². The highest BCUT2D eigenvalue weighted by Gasteiger charge is 2.14. The molecule has 1 fully saturated rings. The number of non-ortho nitro benzene ring substituents is 1. The summed E-state index contributed by atoms with van der Waals surface area (Å²) >= 11 is 0. The Kier molecular flexibility index (Phi) is 7.83. The van der Waals surface area contributed by atoms with Gasteiger partial charge in [0.15, 0.2) is 0 Å². The Morgan fingerprint density at radius 3 is 2.41 bits per heavy atom. The zero-order valence-corrected chi connectivity index (χ0v) is 19.2. The maximum atomic E-state index is 13.2. The molecule has 1 heterocycles. The van der Waals surface area contributed by atoms with E-state index in [4.69, 9.17) is 0 Å². The average molecular weight is 456 g/mol. The smallest absolute Gasteiger partial charge is 0.270 e. The van der Waals surface area contributed by atoms with Crippen molar-refractivity contribution >= 4 is 23.2 Å². The highest BCUT2D eigenvalue weighted by Crippen LogP contribution is 2.22. The summed E-state index contributed by atoms with van der Waals surface area (Å²) in [5, 5.41) is 14.2. The molecule has 3 aromatic carbocycles. The predicted molar refractivity (Wildman–Crippen MR) is 135 cm³/mol. The van der Waals surface area contributed by atoms with Gasteiger partial charge in [0.1, 0.15) is 0 Å². The largest absolute Gasteiger partial charge is 0.348 e. The molecule has 0 bridgehead atoms. The van der Waals surface area contributed by atoms with E-state index in [9.17, 15) is 14.9 Å². The van der Waals surface area contributed by atoms with Gasteiger partial charge in [0, 0.05) is 30.8 Å². The molecule has 174 valence electrons. The van der Waals surface area contributed by atoms with Crippen LogP contribution in [0.2, 0.25) is 0 Å². The van der Waals surface area contributed by atoms with Crippen molar-refractivity contribution in [1.29, 1.82) is 0 Å².